The van der Waals surface area contributed by atoms with Crippen molar-refractivity contribution in [3.63, 3.8) is 0 Å². The molecular formula is C19H22N4O4. The number of carbonyl (C=O) groups excluding carboxylic acids is 3. The fourth-order valence-corrected chi connectivity index (χ4v) is 2.29. The Morgan fingerprint density at radius 1 is 1.07 bits per heavy atom. The van der Waals surface area contributed by atoms with E-state index in [-0.39, 0.29) is 25.3 Å². The lowest BCUT2D eigenvalue weighted by Crippen LogP contribution is -2.45. The summed E-state index contributed by atoms with van der Waals surface area (Å²) in [5.74, 6) is -1.12. The van der Waals surface area contributed by atoms with Gasteiger partial charge in [0.15, 0.2) is 0 Å². The first kappa shape index (κ1) is 19.9. The van der Waals surface area contributed by atoms with Crippen LogP contribution in [-0.2, 0) is 16.1 Å². The summed E-state index contributed by atoms with van der Waals surface area (Å²) < 4.78 is 5.09. The third-order valence-corrected chi connectivity index (χ3v) is 3.70. The van der Waals surface area contributed by atoms with Gasteiger partial charge in [0.2, 0.25) is 5.91 Å². The van der Waals surface area contributed by atoms with Crippen molar-refractivity contribution in [2.45, 2.75) is 25.5 Å². The molecule has 3 amide bonds. The second-order valence-corrected chi connectivity index (χ2v) is 5.77. The van der Waals surface area contributed by atoms with Crippen LogP contribution in [0.2, 0.25) is 0 Å². The summed E-state index contributed by atoms with van der Waals surface area (Å²) in [4.78, 5) is 39.2. The molecule has 0 aliphatic heterocycles. The number of ether oxygens (including phenoxy) is 1. The number of pyridine rings is 1. The molecule has 0 aliphatic rings. The maximum Gasteiger partial charge on any atom is 0.407 e. The molecule has 0 saturated carbocycles. The molecule has 1 unspecified atom stereocenters. The minimum Gasteiger partial charge on any atom is -0.445 e. The molecule has 1 heterocycles. The minimum absolute atomic E-state index is 0.177. The van der Waals surface area contributed by atoms with Gasteiger partial charge >= 0.3 is 6.09 Å². The van der Waals surface area contributed by atoms with Gasteiger partial charge in [-0.25, -0.2) is 4.79 Å². The van der Waals surface area contributed by atoms with E-state index in [0.29, 0.717) is 6.42 Å². The van der Waals surface area contributed by atoms with Crippen molar-refractivity contribution in [3.8, 4) is 0 Å². The number of primary amides is 1. The molecule has 1 atom stereocenters. The molecule has 0 saturated heterocycles. The predicted molar refractivity (Wildman–Crippen MR) is 98.5 cm³/mol. The number of hydrogen-bond donors (Lipinski definition) is 3. The fraction of sp³-hybridized carbons (Fsp3) is 0.263. The Bertz CT molecular complexity index is 753. The third kappa shape index (κ3) is 7.15. The summed E-state index contributed by atoms with van der Waals surface area (Å²) in [6, 6.07) is 13.4. The van der Waals surface area contributed by atoms with Crippen molar-refractivity contribution >= 4 is 17.9 Å². The molecule has 4 N–H and O–H groups in total. The van der Waals surface area contributed by atoms with Gasteiger partial charge < -0.3 is 21.1 Å². The SMILES string of the molecule is NC(=O)C(CCCNC(=O)OCc1ccccc1)NC(=O)c1ccccn1. The van der Waals surface area contributed by atoms with E-state index in [4.69, 9.17) is 10.5 Å². The normalized spacial score (nSPS) is 11.3. The Morgan fingerprint density at radius 3 is 2.48 bits per heavy atom. The molecule has 8 heteroatoms. The number of alkyl carbamates (subject to hydrolysis) is 1. The topological polar surface area (TPSA) is 123 Å². The molecule has 0 bridgehead atoms. The van der Waals surface area contributed by atoms with Gasteiger partial charge in [-0.15, -0.1) is 0 Å². The fourth-order valence-electron chi connectivity index (χ4n) is 2.29. The summed E-state index contributed by atoms with van der Waals surface area (Å²) in [7, 11) is 0. The van der Waals surface area contributed by atoms with Gasteiger partial charge in [0.05, 0.1) is 0 Å². The first-order chi connectivity index (χ1) is 13.1. The lowest BCUT2D eigenvalue weighted by atomic mass is 10.1. The molecule has 0 radical (unpaired) electrons. The van der Waals surface area contributed by atoms with Crippen LogP contribution < -0.4 is 16.4 Å². The summed E-state index contributed by atoms with van der Waals surface area (Å²) in [6.07, 6.45) is 1.66. The van der Waals surface area contributed by atoms with Crippen LogP contribution in [0.25, 0.3) is 0 Å². The Balaban J connectivity index is 1.69. The van der Waals surface area contributed by atoms with E-state index in [1.54, 1.807) is 12.1 Å². The summed E-state index contributed by atoms with van der Waals surface area (Å²) in [6.45, 7) is 0.466. The highest BCUT2D eigenvalue weighted by Crippen LogP contribution is 2.02. The van der Waals surface area contributed by atoms with Crippen LogP contribution in [-0.4, -0.2) is 35.5 Å². The van der Waals surface area contributed by atoms with Crippen molar-refractivity contribution in [2.75, 3.05) is 6.54 Å². The number of aromatic nitrogens is 1. The molecular weight excluding hydrogens is 348 g/mol. The van der Waals surface area contributed by atoms with Gasteiger partial charge in [-0.05, 0) is 30.5 Å². The Hall–Kier alpha value is -3.42. The number of rotatable bonds is 9. The van der Waals surface area contributed by atoms with Gasteiger partial charge in [-0.3, -0.25) is 14.6 Å². The predicted octanol–water partition coefficient (Wildman–Crippen LogP) is 1.37. The molecule has 0 aliphatic carbocycles. The van der Waals surface area contributed by atoms with Crippen LogP contribution in [0.1, 0.15) is 28.9 Å². The highest BCUT2D eigenvalue weighted by Gasteiger charge is 2.19. The summed E-state index contributed by atoms with van der Waals surface area (Å²) in [5, 5.41) is 5.14. The second kappa shape index (κ2) is 10.5. The number of benzene rings is 1. The quantitative estimate of drug-likeness (QED) is 0.575. The highest BCUT2D eigenvalue weighted by molar-refractivity contribution is 5.95. The average molecular weight is 370 g/mol. The molecule has 2 aromatic rings. The first-order valence-electron chi connectivity index (χ1n) is 8.52. The largest absolute Gasteiger partial charge is 0.445 e. The van der Waals surface area contributed by atoms with Gasteiger partial charge in [-0.2, -0.15) is 0 Å². The van der Waals surface area contributed by atoms with Crippen LogP contribution in [0.3, 0.4) is 0 Å². The molecule has 2 rings (SSSR count). The standard InChI is InChI=1S/C19H22N4O4/c20-17(24)15(23-18(25)16-9-4-5-11-21-16)10-6-12-22-19(26)27-13-14-7-2-1-3-8-14/h1-5,7-9,11,15H,6,10,12-13H2,(H2,20,24)(H,22,26)(H,23,25). The van der Waals surface area contributed by atoms with Gasteiger partial charge in [0.25, 0.3) is 5.91 Å². The van der Waals surface area contributed by atoms with E-state index in [9.17, 15) is 14.4 Å². The lowest BCUT2D eigenvalue weighted by Gasteiger charge is -2.15. The van der Waals surface area contributed by atoms with E-state index < -0.39 is 23.9 Å². The average Bonchev–Trinajstić information content (AvgIpc) is 2.69. The number of nitrogens with one attached hydrogen (secondary N) is 2. The van der Waals surface area contributed by atoms with Crippen LogP contribution in [0.4, 0.5) is 4.79 Å². The van der Waals surface area contributed by atoms with Gasteiger partial charge in [-0.1, -0.05) is 36.4 Å². The monoisotopic (exact) mass is 370 g/mol. The molecule has 8 nitrogen and oxygen atoms in total. The number of hydrogen-bond acceptors (Lipinski definition) is 5. The molecule has 27 heavy (non-hydrogen) atoms. The van der Waals surface area contributed by atoms with Crippen LogP contribution in [0.5, 0.6) is 0 Å². The minimum atomic E-state index is -0.846. The van der Waals surface area contributed by atoms with Crippen molar-refractivity contribution in [1.82, 2.24) is 15.6 Å². The molecule has 142 valence electrons. The molecule has 1 aromatic carbocycles. The number of nitrogens with two attached hydrogens (primary N) is 1. The lowest BCUT2D eigenvalue weighted by molar-refractivity contribution is -0.120. The third-order valence-electron chi connectivity index (χ3n) is 3.70. The van der Waals surface area contributed by atoms with E-state index in [2.05, 4.69) is 15.6 Å². The van der Waals surface area contributed by atoms with E-state index in [1.807, 2.05) is 30.3 Å². The van der Waals surface area contributed by atoms with Gasteiger partial charge in [0.1, 0.15) is 18.3 Å². The number of nitrogens with zero attached hydrogens (tertiary/aromatic N) is 1. The van der Waals surface area contributed by atoms with E-state index >= 15 is 0 Å². The van der Waals surface area contributed by atoms with Crippen molar-refractivity contribution in [1.29, 1.82) is 0 Å². The zero-order valence-corrected chi connectivity index (χ0v) is 14.8. The molecule has 0 spiro atoms. The van der Waals surface area contributed by atoms with Crippen LogP contribution in [0, 0.1) is 0 Å². The van der Waals surface area contributed by atoms with E-state index in [1.165, 1.54) is 12.3 Å². The summed E-state index contributed by atoms with van der Waals surface area (Å²) >= 11 is 0. The Labute approximate surface area is 157 Å². The smallest absolute Gasteiger partial charge is 0.407 e. The van der Waals surface area contributed by atoms with Crippen molar-refractivity contribution in [2.24, 2.45) is 5.73 Å². The first-order valence-corrected chi connectivity index (χ1v) is 8.52. The van der Waals surface area contributed by atoms with Crippen molar-refractivity contribution in [3.05, 3.63) is 66.0 Å². The van der Waals surface area contributed by atoms with Crippen molar-refractivity contribution < 1.29 is 19.1 Å². The zero-order chi connectivity index (χ0) is 19.5. The number of amides is 3. The number of carbonyl (C=O) groups is 3. The molecule has 1 aromatic heterocycles. The molecule has 0 fully saturated rings. The Morgan fingerprint density at radius 2 is 1.81 bits per heavy atom. The zero-order valence-electron chi connectivity index (χ0n) is 14.8. The van der Waals surface area contributed by atoms with Gasteiger partial charge in [0, 0.05) is 12.7 Å². The summed E-state index contributed by atoms with van der Waals surface area (Å²) in [5.41, 5.74) is 6.42. The second-order valence-electron chi connectivity index (χ2n) is 5.77. The Kier molecular flexibility index (Phi) is 7.77. The van der Waals surface area contributed by atoms with Crippen LogP contribution in [0.15, 0.2) is 54.7 Å². The van der Waals surface area contributed by atoms with E-state index in [0.717, 1.165) is 5.56 Å². The maximum atomic E-state index is 12.0. The maximum absolute atomic E-state index is 12.0. The van der Waals surface area contributed by atoms with Crippen LogP contribution >= 0.6 is 0 Å². The highest BCUT2D eigenvalue weighted by atomic mass is 16.5.